The summed E-state index contributed by atoms with van der Waals surface area (Å²) in [4.78, 5) is 20.0. The summed E-state index contributed by atoms with van der Waals surface area (Å²) in [6, 6.07) is 16.9. The van der Waals surface area contributed by atoms with E-state index in [2.05, 4.69) is 69.0 Å². The lowest BCUT2D eigenvalue weighted by Gasteiger charge is -2.36. The lowest BCUT2D eigenvalue weighted by Crippen LogP contribution is -2.44. The molecule has 0 spiro atoms. The van der Waals surface area contributed by atoms with E-state index in [1.807, 2.05) is 6.20 Å². The molecule has 2 aromatic heterocycles. The van der Waals surface area contributed by atoms with Crippen molar-refractivity contribution in [3.8, 4) is 11.4 Å². The molecule has 0 unspecified atom stereocenters. The van der Waals surface area contributed by atoms with Crippen LogP contribution in [0.3, 0.4) is 0 Å². The summed E-state index contributed by atoms with van der Waals surface area (Å²) in [5.41, 5.74) is 4.50. The topological polar surface area (TPSA) is 102 Å². The maximum atomic E-state index is 10.2. The number of hydrogen-bond acceptors (Lipinski definition) is 7. The van der Waals surface area contributed by atoms with Gasteiger partial charge in [0.1, 0.15) is 0 Å². The zero-order chi connectivity index (χ0) is 22.9. The second kappa shape index (κ2) is 9.04. The standard InChI is InChI=1S/C26H29N7O/c34-16-22-13-18-3-1-2-4-20(18)15-33(22)26-31-24(19-6-5-17-7-12-28-23(17)14-19)30-25(32-26)29-21-8-10-27-11-9-21/h1-7,12,14,21-22,27-28,34H,8-11,13,15-16H2,(H,29,30,31,32)/t22-/m1/s1. The molecule has 174 valence electrons. The van der Waals surface area contributed by atoms with Gasteiger partial charge in [-0.1, -0.05) is 36.4 Å². The molecule has 2 aliphatic heterocycles. The highest BCUT2D eigenvalue weighted by Crippen LogP contribution is 2.29. The van der Waals surface area contributed by atoms with Crippen LogP contribution in [-0.4, -0.2) is 56.8 Å². The lowest BCUT2D eigenvalue weighted by molar-refractivity contribution is 0.252. The van der Waals surface area contributed by atoms with Crippen LogP contribution < -0.4 is 15.5 Å². The van der Waals surface area contributed by atoms with Gasteiger partial charge in [0.05, 0.1) is 12.6 Å². The van der Waals surface area contributed by atoms with Crippen molar-refractivity contribution < 1.29 is 5.11 Å². The van der Waals surface area contributed by atoms with Gasteiger partial charge in [-0.15, -0.1) is 0 Å². The molecule has 0 bridgehead atoms. The van der Waals surface area contributed by atoms with Crippen LogP contribution in [0.5, 0.6) is 0 Å². The molecule has 0 saturated carbocycles. The Bertz CT molecular complexity index is 1300. The number of aromatic amines is 1. The molecule has 4 aromatic rings. The molecule has 1 saturated heterocycles. The monoisotopic (exact) mass is 455 g/mol. The number of aliphatic hydroxyl groups excluding tert-OH is 1. The molecular weight excluding hydrogens is 426 g/mol. The van der Waals surface area contributed by atoms with Crippen LogP contribution in [0.25, 0.3) is 22.3 Å². The van der Waals surface area contributed by atoms with Gasteiger partial charge < -0.3 is 25.6 Å². The number of rotatable bonds is 5. The Morgan fingerprint density at radius 1 is 1.00 bits per heavy atom. The first-order valence-corrected chi connectivity index (χ1v) is 12.0. The molecule has 2 aliphatic rings. The minimum atomic E-state index is -0.0808. The van der Waals surface area contributed by atoms with Crippen molar-refractivity contribution >= 4 is 22.8 Å². The number of piperidine rings is 1. The predicted octanol–water partition coefficient (Wildman–Crippen LogP) is 3.11. The van der Waals surface area contributed by atoms with Crippen LogP contribution in [-0.2, 0) is 13.0 Å². The van der Waals surface area contributed by atoms with Gasteiger partial charge in [-0.3, -0.25) is 0 Å². The highest BCUT2D eigenvalue weighted by Gasteiger charge is 2.29. The van der Waals surface area contributed by atoms with E-state index in [9.17, 15) is 5.11 Å². The Morgan fingerprint density at radius 2 is 1.85 bits per heavy atom. The Kier molecular flexibility index (Phi) is 5.60. The molecule has 34 heavy (non-hydrogen) atoms. The van der Waals surface area contributed by atoms with Crippen molar-refractivity contribution in [2.75, 3.05) is 29.9 Å². The third-order valence-corrected chi connectivity index (χ3v) is 6.93. The third-order valence-electron chi connectivity index (χ3n) is 6.93. The van der Waals surface area contributed by atoms with Crippen LogP contribution in [0, 0.1) is 0 Å². The average Bonchev–Trinajstić information content (AvgIpc) is 3.36. The van der Waals surface area contributed by atoms with E-state index in [0.717, 1.165) is 48.8 Å². The molecule has 1 atom stereocenters. The van der Waals surface area contributed by atoms with Crippen LogP contribution in [0.2, 0.25) is 0 Å². The Morgan fingerprint density at radius 3 is 2.71 bits per heavy atom. The zero-order valence-corrected chi connectivity index (χ0v) is 19.0. The van der Waals surface area contributed by atoms with Crippen LogP contribution in [0.15, 0.2) is 54.7 Å². The minimum absolute atomic E-state index is 0.0425. The summed E-state index contributed by atoms with van der Waals surface area (Å²) in [6.45, 7) is 2.68. The molecule has 6 rings (SSSR count). The highest BCUT2D eigenvalue weighted by atomic mass is 16.3. The van der Waals surface area contributed by atoms with E-state index in [-0.39, 0.29) is 12.6 Å². The van der Waals surface area contributed by atoms with Gasteiger partial charge in [0, 0.05) is 29.9 Å². The van der Waals surface area contributed by atoms with Gasteiger partial charge in [0.2, 0.25) is 11.9 Å². The highest BCUT2D eigenvalue weighted by molar-refractivity contribution is 5.83. The van der Waals surface area contributed by atoms with Crippen LogP contribution in [0.4, 0.5) is 11.9 Å². The summed E-state index contributed by atoms with van der Waals surface area (Å²) < 4.78 is 0. The van der Waals surface area contributed by atoms with Gasteiger partial charge in [0.25, 0.3) is 0 Å². The zero-order valence-electron chi connectivity index (χ0n) is 19.0. The molecule has 0 aliphatic carbocycles. The quantitative estimate of drug-likeness (QED) is 0.367. The number of aromatic nitrogens is 4. The van der Waals surface area contributed by atoms with E-state index in [0.29, 0.717) is 30.3 Å². The minimum Gasteiger partial charge on any atom is -0.394 e. The molecule has 4 heterocycles. The summed E-state index contributed by atoms with van der Waals surface area (Å²) in [6.07, 6.45) is 4.76. The van der Waals surface area contributed by atoms with Gasteiger partial charge in [-0.2, -0.15) is 15.0 Å². The molecule has 4 N–H and O–H groups in total. The number of nitrogens with one attached hydrogen (secondary N) is 3. The number of fused-ring (bicyclic) bond motifs is 2. The van der Waals surface area contributed by atoms with Crippen molar-refractivity contribution in [2.45, 2.75) is 37.9 Å². The number of aliphatic hydroxyl groups is 1. The molecule has 8 heteroatoms. The fraction of sp³-hybridized carbons (Fsp3) is 0.346. The third kappa shape index (κ3) is 4.10. The SMILES string of the molecule is OC[C@H]1Cc2ccccc2CN1c1nc(NC2CCNCC2)nc(-c2ccc3cc[nH]c3c2)n1. The average molecular weight is 456 g/mol. The number of benzene rings is 2. The van der Waals surface area contributed by atoms with Crippen molar-refractivity contribution in [3.63, 3.8) is 0 Å². The van der Waals surface area contributed by atoms with E-state index < -0.39 is 0 Å². The number of hydrogen-bond donors (Lipinski definition) is 4. The van der Waals surface area contributed by atoms with Crippen molar-refractivity contribution in [1.82, 2.24) is 25.3 Å². The fourth-order valence-corrected chi connectivity index (χ4v) is 5.01. The van der Waals surface area contributed by atoms with Crippen molar-refractivity contribution in [3.05, 3.63) is 65.9 Å². The molecule has 2 aromatic carbocycles. The van der Waals surface area contributed by atoms with Gasteiger partial charge in [-0.05, 0) is 61.0 Å². The largest absolute Gasteiger partial charge is 0.394 e. The number of H-pyrrole nitrogens is 1. The van der Waals surface area contributed by atoms with E-state index in [1.165, 1.54) is 11.1 Å². The molecular formula is C26H29N7O. The Labute approximate surface area is 198 Å². The Hall–Kier alpha value is -3.49. The first-order chi connectivity index (χ1) is 16.8. The smallest absolute Gasteiger partial charge is 0.231 e. The van der Waals surface area contributed by atoms with Gasteiger partial charge in [-0.25, -0.2) is 0 Å². The lowest BCUT2D eigenvalue weighted by atomic mass is 9.94. The second-order valence-corrected chi connectivity index (χ2v) is 9.17. The van der Waals surface area contributed by atoms with E-state index >= 15 is 0 Å². The summed E-state index contributed by atoms with van der Waals surface area (Å²) >= 11 is 0. The van der Waals surface area contributed by atoms with Crippen molar-refractivity contribution in [1.29, 1.82) is 0 Å². The second-order valence-electron chi connectivity index (χ2n) is 9.17. The van der Waals surface area contributed by atoms with E-state index in [1.54, 1.807) is 0 Å². The molecule has 8 nitrogen and oxygen atoms in total. The summed E-state index contributed by atoms with van der Waals surface area (Å²) in [5, 5.41) is 18.3. The van der Waals surface area contributed by atoms with Crippen molar-refractivity contribution in [2.24, 2.45) is 0 Å². The Balaban J connectivity index is 1.41. The predicted molar refractivity (Wildman–Crippen MR) is 134 cm³/mol. The van der Waals surface area contributed by atoms with E-state index in [4.69, 9.17) is 15.0 Å². The first-order valence-electron chi connectivity index (χ1n) is 12.0. The first kappa shape index (κ1) is 21.1. The fourth-order valence-electron chi connectivity index (χ4n) is 5.01. The number of anilines is 2. The maximum Gasteiger partial charge on any atom is 0.231 e. The van der Waals surface area contributed by atoms with Crippen LogP contribution in [0.1, 0.15) is 24.0 Å². The normalized spacial score (nSPS) is 18.7. The number of nitrogens with zero attached hydrogens (tertiary/aromatic N) is 4. The summed E-state index contributed by atoms with van der Waals surface area (Å²) in [7, 11) is 0. The van der Waals surface area contributed by atoms with Gasteiger partial charge in [0.15, 0.2) is 5.82 Å². The molecule has 1 fully saturated rings. The van der Waals surface area contributed by atoms with Crippen LogP contribution >= 0.6 is 0 Å². The van der Waals surface area contributed by atoms with Gasteiger partial charge >= 0.3 is 0 Å². The molecule has 0 radical (unpaired) electrons. The maximum absolute atomic E-state index is 10.2. The molecule has 0 amide bonds. The summed E-state index contributed by atoms with van der Waals surface area (Å²) in [5.74, 6) is 1.82.